The molecule has 0 spiro atoms. The van der Waals surface area contributed by atoms with Crippen molar-refractivity contribution in [2.45, 2.75) is 18.8 Å². The average molecular weight is 203 g/mol. The van der Waals surface area contributed by atoms with Gasteiger partial charge in [-0.05, 0) is 25.9 Å². The number of nitrogens with zero attached hydrogens (tertiary/aromatic N) is 3. The van der Waals surface area contributed by atoms with Gasteiger partial charge in [-0.1, -0.05) is 0 Å². The van der Waals surface area contributed by atoms with Gasteiger partial charge in [-0.2, -0.15) is 0 Å². The Hall–Kier alpha value is -1.49. The van der Waals surface area contributed by atoms with E-state index in [2.05, 4.69) is 25.3 Å². The summed E-state index contributed by atoms with van der Waals surface area (Å²) < 4.78 is 0. The molecule has 0 radical (unpaired) electrons. The van der Waals surface area contributed by atoms with Gasteiger partial charge >= 0.3 is 0 Å². The van der Waals surface area contributed by atoms with E-state index < -0.39 is 0 Å². The van der Waals surface area contributed by atoms with Crippen LogP contribution in [0.25, 0.3) is 11.2 Å². The molecule has 2 aromatic rings. The first-order chi connectivity index (χ1) is 7.43. The highest BCUT2D eigenvalue weighted by atomic mass is 15.0. The first-order valence-electron chi connectivity index (χ1n) is 5.30. The Morgan fingerprint density at radius 1 is 1.27 bits per heavy atom. The summed E-state index contributed by atoms with van der Waals surface area (Å²) in [7, 11) is 0. The summed E-state index contributed by atoms with van der Waals surface area (Å²) in [6.45, 7) is 2.15. The van der Waals surface area contributed by atoms with Crippen LogP contribution in [0.3, 0.4) is 0 Å². The van der Waals surface area contributed by atoms with Gasteiger partial charge in [-0.25, -0.2) is 15.0 Å². The highest BCUT2D eigenvalue weighted by Gasteiger charge is 2.18. The molecular weight excluding hydrogens is 190 g/mol. The lowest BCUT2D eigenvalue weighted by Crippen LogP contribution is -2.27. The lowest BCUT2D eigenvalue weighted by Gasteiger charge is -2.20. The molecule has 5 nitrogen and oxygen atoms in total. The van der Waals surface area contributed by atoms with Gasteiger partial charge in [0, 0.05) is 5.92 Å². The van der Waals surface area contributed by atoms with Crippen molar-refractivity contribution in [2.75, 3.05) is 13.1 Å². The van der Waals surface area contributed by atoms with E-state index in [0.29, 0.717) is 5.92 Å². The van der Waals surface area contributed by atoms with Gasteiger partial charge in [-0.15, -0.1) is 0 Å². The summed E-state index contributed by atoms with van der Waals surface area (Å²) in [6, 6.07) is 0. The number of H-pyrrole nitrogens is 1. The van der Waals surface area contributed by atoms with Crippen LogP contribution >= 0.6 is 0 Å². The van der Waals surface area contributed by atoms with Crippen LogP contribution in [0.1, 0.15) is 24.6 Å². The lowest BCUT2D eigenvalue weighted by atomic mass is 9.98. The van der Waals surface area contributed by atoms with Gasteiger partial charge < -0.3 is 10.3 Å². The Labute approximate surface area is 87.3 Å². The quantitative estimate of drug-likeness (QED) is 0.720. The monoisotopic (exact) mass is 203 g/mol. The standard InChI is InChI=1S/C10H13N5/c1-3-11-4-2-7(1)9-14-8-5-12-6-13-10(8)15-9/h5-7,11H,1-4H2,(H,12,13,14,15). The Balaban J connectivity index is 1.96. The van der Waals surface area contributed by atoms with Crippen molar-refractivity contribution in [3.05, 3.63) is 18.3 Å². The van der Waals surface area contributed by atoms with Crippen LogP contribution in [0.4, 0.5) is 0 Å². The fourth-order valence-electron chi connectivity index (χ4n) is 2.07. The van der Waals surface area contributed by atoms with Gasteiger partial charge in [0.2, 0.25) is 0 Å². The molecule has 3 heterocycles. The molecule has 2 aromatic heterocycles. The van der Waals surface area contributed by atoms with Crippen molar-refractivity contribution in [3.8, 4) is 0 Å². The van der Waals surface area contributed by atoms with E-state index in [0.717, 1.165) is 42.9 Å². The molecule has 2 N–H and O–H groups in total. The zero-order valence-electron chi connectivity index (χ0n) is 8.40. The van der Waals surface area contributed by atoms with Gasteiger partial charge in [0.25, 0.3) is 0 Å². The zero-order valence-corrected chi connectivity index (χ0v) is 8.40. The molecule has 1 saturated heterocycles. The Morgan fingerprint density at radius 2 is 2.13 bits per heavy atom. The number of aromatic nitrogens is 4. The Morgan fingerprint density at radius 3 is 2.93 bits per heavy atom. The summed E-state index contributed by atoms with van der Waals surface area (Å²) in [4.78, 5) is 15.9. The maximum Gasteiger partial charge on any atom is 0.180 e. The predicted octanol–water partition coefficient (Wildman–Crippen LogP) is 0.820. The van der Waals surface area contributed by atoms with Crippen molar-refractivity contribution in [3.63, 3.8) is 0 Å². The second kappa shape index (κ2) is 3.58. The molecule has 15 heavy (non-hydrogen) atoms. The molecule has 0 bridgehead atoms. The van der Waals surface area contributed by atoms with Crippen LogP contribution in [-0.2, 0) is 0 Å². The van der Waals surface area contributed by atoms with Crippen LogP contribution in [0, 0.1) is 0 Å². The van der Waals surface area contributed by atoms with Gasteiger partial charge in [0.15, 0.2) is 5.65 Å². The molecule has 1 fully saturated rings. The summed E-state index contributed by atoms with van der Waals surface area (Å²) in [5.74, 6) is 1.60. The summed E-state index contributed by atoms with van der Waals surface area (Å²) >= 11 is 0. The van der Waals surface area contributed by atoms with E-state index in [9.17, 15) is 0 Å². The van der Waals surface area contributed by atoms with E-state index in [1.165, 1.54) is 6.33 Å². The molecule has 0 atom stereocenters. The van der Waals surface area contributed by atoms with Crippen molar-refractivity contribution < 1.29 is 0 Å². The van der Waals surface area contributed by atoms with Crippen LogP contribution < -0.4 is 5.32 Å². The molecule has 3 rings (SSSR count). The minimum absolute atomic E-state index is 0.542. The Kier molecular flexibility index (Phi) is 2.10. The molecule has 0 amide bonds. The number of hydrogen-bond donors (Lipinski definition) is 2. The first kappa shape index (κ1) is 8.79. The lowest BCUT2D eigenvalue weighted by molar-refractivity contribution is 0.448. The van der Waals surface area contributed by atoms with Gasteiger partial charge in [0.05, 0.1) is 6.20 Å². The average Bonchev–Trinajstić information content (AvgIpc) is 2.74. The van der Waals surface area contributed by atoms with Crippen molar-refractivity contribution >= 4 is 11.2 Å². The maximum absolute atomic E-state index is 4.50. The number of piperidine rings is 1. The Bertz CT molecular complexity index is 425. The van der Waals surface area contributed by atoms with E-state index >= 15 is 0 Å². The molecule has 0 saturated carbocycles. The van der Waals surface area contributed by atoms with E-state index in [-0.39, 0.29) is 0 Å². The molecule has 5 heteroatoms. The molecule has 0 aromatic carbocycles. The highest BCUT2D eigenvalue weighted by molar-refractivity contribution is 5.68. The van der Waals surface area contributed by atoms with Crippen molar-refractivity contribution in [2.24, 2.45) is 0 Å². The van der Waals surface area contributed by atoms with E-state index in [1.54, 1.807) is 6.20 Å². The third-order valence-electron chi connectivity index (χ3n) is 2.91. The first-order valence-corrected chi connectivity index (χ1v) is 5.30. The summed E-state index contributed by atoms with van der Waals surface area (Å²) in [5, 5.41) is 3.35. The fraction of sp³-hybridized carbons (Fsp3) is 0.500. The zero-order chi connectivity index (χ0) is 10.1. The second-order valence-electron chi connectivity index (χ2n) is 3.91. The fourth-order valence-corrected chi connectivity index (χ4v) is 2.07. The number of fused-ring (bicyclic) bond motifs is 1. The normalized spacial score (nSPS) is 18.4. The number of aromatic amines is 1. The van der Waals surface area contributed by atoms with Crippen LogP contribution in [0.5, 0.6) is 0 Å². The number of hydrogen-bond acceptors (Lipinski definition) is 4. The molecule has 0 aliphatic carbocycles. The summed E-state index contributed by atoms with van der Waals surface area (Å²) in [6.07, 6.45) is 5.61. The molecule has 78 valence electrons. The van der Waals surface area contributed by atoms with Gasteiger partial charge in [0.1, 0.15) is 17.7 Å². The smallest absolute Gasteiger partial charge is 0.180 e. The molecule has 1 aliphatic heterocycles. The minimum Gasteiger partial charge on any atom is -0.339 e. The van der Waals surface area contributed by atoms with E-state index in [1.807, 2.05) is 0 Å². The number of rotatable bonds is 1. The second-order valence-corrected chi connectivity index (χ2v) is 3.91. The molecule has 1 aliphatic rings. The van der Waals surface area contributed by atoms with Crippen molar-refractivity contribution in [1.29, 1.82) is 0 Å². The van der Waals surface area contributed by atoms with Crippen LogP contribution in [0.15, 0.2) is 12.5 Å². The van der Waals surface area contributed by atoms with Crippen LogP contribution in [0.2, 0.25) is 0 Å². The third kappa shape index (κ3) is 1.59. The topological polar surface area (TPSA) is 66.5 Å². The number of imidazole rings is 1. The van der Waals surface area contributed by atoms with Crippen LogP contribution in [-0.4, -0.2) is 33.0 Å². The third-order valence-corrected chi connectivity index (χ3v) is 2.91. The predicted molar refractivity (Wildman–Crippen MR) is 56.5 cm³/mol. The number of nitrogens with one attached hydrogen (secondary N) is 2. The molecular formula is C10H13N5. The molecule has 0 unspecified atom stereocenters. The van der Waals surface area contributed by atoms with Gasteiger partial charge in [-0.3, -0.25) is 0 Å². The summed E-state index contributed by atoms with van der Waals surface area (Å²) in [5.41, 5.74) is 1.71. The van der Waals surface area contributed by atoms with Crippen molar-refractivity contribution in [1.82, 2.24) is 25.3 Å². The highest BCUT2D eigenvalue weighted by Crippen LogP contribution is 2.23. The SMILES string of the molecule is c1ncc2[nH]c(C3CCNCC3)nc2n1. The maximum atomic E-state index is 4.50. The largest absolute Gasteiger partial charge is 0.339 e. The van der Waals surface area contributed by atoms with E-state index in [4.69, 9.17) is 0 Å². The minimum atomic E-state index is 0.542.